The molecule has 58 heavy (non-hydrogen) atoms. The van der Waals surface area contributed by atoms with Crippen LogP contribution in [-0.4, -0.2) is 104 Å². The van der Waals surface area contributed by atoms with E-state index < -0.39 is 101 Å². The van der Waals surface area contributed by atoms with Crippen LogP contribution in [0.15, 0.2) is 102 Å². The minimum atomic E-state index is -2.30. The molecule has 3 aromatic carbocycles. The second kappa shape index (κ2) is 17.8. The van der Waals surface area contributed by atoms with Crippen LogP contribution in [-0.2, 0) is 23.8 Å². The van der Waals surface area contributed by atoms with Gasteiger partial charge in [-0.1, -0.05) is 80.6 Å². The first-order valence-electron chi connectivity index (χ1n) is 18.7. The summed E-state index contributed by atoms with van der Waals surface area (Å²) in [4.78, 5) is 56.0. The second-order valence-electron chi connectivity index (χ2n) is 16.2. The van der Waals surface area contributed by atoms with Crippen molar-refractivity contribution in [1.82, 2.24) is 5.32 Å². The van der Waals surface area contributed by atoms with E-state index in [-0.39, 0.29) is 123 Å². The van der Waals surface area contributed by atoms with Gasteiger partial charge in [-0.25, -0.2) is 9.59 Å². The van der Waals surface area contributed by atoms with E-state index in [1.165, 1.54) is 26.0 Å². The normalized spacial score (nSPS) is 33.1. The number of ketones is 1. The number of hydrogen-bond acceptors (Lipinski definition) is 12. The van der Waals surface area contributed by atoms with Gasteiger partial charge in [-0.15, -0.1) is 0 Å². The molecular weight excluding hydrogens is 1180 g/mol. The fraction of sp³-hybridized carbons (Fsp3) is 0.442. The van der Waals surface area contributed by atoms with Crippen LogP contribution in [0.2, 0.25) is 0 Å². The number of aliphatic hydroxyl groups excluding tert-OH is 3. The molecule has 2 saturated carbocycles. The number of aliphatic hydroxyl groups is 5. The van der Waals surface area contributed by atoms with Crippen LogP contribution in [0.1, 0.15) is 72.9 Å². The number of ether oxygens (including phenoxy) is 3. The van der Waals surface area contributed by atoms with E-state index in [1.807, 2.05) is 0 Å². The molecular formula is C43H47Ac2NO12. The zero-order chi connectivity index (χ0) is 40.4. The number of benzene rings is 3. The summed E-state index contributed by atoms with van der Waals surface area (Å²) < 4.78 is 17.9. The van der Waals surface area contributed by atoms with Gasteiger partial charge in [-0.05, 0) is 54.8 Å². The number of carbonyl (C=O) groups is 4. The molecule has 3 aromatic rings. The van der Waals surface area contributed by atoms with Gasteiger partial charge in [0.05, 0.1) is 35.8 Å². The van der Waals surface area contributed by atoms with E-state index >= 15 is 0 Å². The third-order valence-corrected chi connectivity index (χ3v) is 12.9. The molecule has 1 saturated heterocycles. The Morgan fingerprint density at radius 3 is 1.95 bits per heavy atom. The molecule has 3 aliphatic carbocycles. The number of esters is 2. The molecule has 11 atom stereocenters. The summed E-state index contributed by atoms with van der Waals surface area (Å²) >= 11 is 0. The molecule has 302 valence electrons. The quantitative estimate of drug-likeness (QED) is 0.142. The van der Waals surface area contributed by atoms with Crippen LogP contribution < -0.4 is 5.32 Å². The topological polar surface area (TPSA) is 209 Å². The summed E-state index contributed by atoms with van der Waals surface area (Å²) in [6, 6.07) is 23.2. The minimum absolute atomic E-state index is 0. The van der Waals surface area contributed by atoms with Gasteiger partial charge in [0.1, 0.15) is 29.5 Å². The molecule has 7 rings (SSSR count). The molecule has 9 unspecified atom stereocenters. The standard InChI is InChI=1S/C43H47NO12.2Ac/c1-23-27(55-39(51)33(47)31(24-14-8-5-9-15-24)44-37(49)25-16-10-6-11-17-25)21-43(53)36(56-38(50)26-18-12-7-13-19-26)34-41(4,28(45)20-29-42(34,52)22-54-29)35(48)32(46)30(23)40(43,2)3;;/h5-19,27-29,31-34,36,45-47,52-53H,20-22H2,1-4H3,(H,44,49);;/t27?,28?,29?,31?,32?,33?,34?,36?,41-,42+,43?;;/m1../s1. The maximum atomic E-state index is 14.7. The Hall–Kier alpha value is -1.88. The predicted octanol–water partition coefficient (Wildman–Crippen LogP) is 2.59. The number of amides is 1. The van der Waals surface area contributed by atoms with Crippen LogP contribution in [0.4, 0.5) is 0 Å². The van der Waals surface area contributed by atoms with Crippen LogP contribution in [0.3, 0.4) is 0 Å². The van der Waals surface area contributed by atoms with E-state index in [0.717, 1.165) is 0 Å². The van der Waals surface area contributed by atoms with Gasteiger partial charge in [0.25, 0.3) is 5.91 Å². The van der Waals surface area contributed by atoms with Gasteiger partial charge in [-0.2, -0.15) is 0 Å². The first-order valence-corrected chi connectivity index (χ1v) is 18.7. The third kappa shape index (κ3) is 7.78. The predicted molar refractivity (Wildman–Crippen MR) is 199 cm³/mol. The summed E-state index contributed by atoms with van der Waals surface area (Å²) in [5.74, 6) is -5.07. The Morgan fingerprint density at radius 2 is 1.40 bits per heavy atom. The molecule has 3 fully saturated rings. The minimum Gasteiger partial charge on any atom is -0.456 e. The first-order chi connectivity index (χ1) is 26.5. The Labute approximate surface area is 408 Å². The fourth-order valence-corrected chi connectivity index (χ4v) is 9.54. The van der Waals surface area contributed by atoms with E-state index in [9.17, 15) is 44.7 Å². The average molecular weight is 1220 g/mol. The number of Topliss-reactive ketones (excluding diaryl/α,β-unsaturated/α-hetero) is 1. The Morgan fingerprint density at radius 1 is 0.845 bits per heavy atom. The van der Waals surface area contributed by atoms with Crippen LogP contribution in [0.25, 0.3) is 0 Å². The second-order valence-corrected chi connectivity index (χ2v) is 16.2. The molecule has 1 heterocycles. The largest absolute Gasteiger partial charge is 0.456 e. The number of hydrogen-bond donors (Lipinski definition) is 6. The molecule has 1 aliphatic heterocycles. The Kier molecular flexibility index (Phi) is 14.5. The monoisotopic (exact) mass is 1220 g/mol. The first kappa shape index (κ1) is 47.2. The molecule has 4 aliphatic rings. The number of rotatable bonds is 8. The van der Waals surface area contributed by atoms with E-state index in [0.29, 0.717) is 5.56 Å². The SMILES string of the molecule is CC1=C2C(O)C(=O)[C@]3(C)C(O)CC4OC[C@@]4(O)C3C(OC(=O)c3ccccc3)C(O)(CC1OC(=O)C(O)C(NC(=O)c1ccccc1)c1ccccc1)C2(C)C.[Ac].[Ac]. The van der Waals surface area contributed by atoms with Crippen molar-refractivity contribution in [3.63, 3.8) is 0 Å². The summed E-state index contributed by atoms with van der Waals surface area (Å²) in [5.41, 5.74) is -6.83. The summed E-state index contributed by atoms with van der Waals surface area (Å²) in [6.45, 7) is 5.72. The van der Waals surface area contributed by atoms with E-state index in [4.69, 9.17) is 14.2 Å². The van der Waals surface area contributed by atoms with Crippen LogP contribution in [0.5, 0.6) is 0 Å². The van der Waals surface area contributed by atoms with Crippen molar-refractivity contribution in [2.75, 3.05) is 6.61 Å². The zero-order valence-electron chi connectivity index (χ0n) is 32.6. The maximum Gasteiger partial charge on any atom is 0.338 e. The van der Waals surface area contributed by atoms with Crippen LogP contribution in [0, 0.1) is 105 Å². The Balaban J connectivity index is 0.00000320. The van der Waals surface area contributed by atoms with Crippen molar-refractivity contribution >= 4 is 23.6 Å². The molecule has 0 aromatic heterocycles. The van der Waals surface area contributed by atoms with Gasteiger partial charge in [0, 0.05) is 118 Å². The molecule has 6 N–H and O–H groups in total. The molecule has 2 bridgehead atoms. The number of nitrogens with one attached hydrogen (secondary N) is 1. The fourth-order valence-electron chi connectivity index (χ4n) is 9.54. The van der Waals surface area contributed by atoms with Crippen molar-refractivity contribution in [1.29, 1.82) is 0 Å². The van der Waals surface area contributed by atoms with Gasteiger partial charge in [-0.3, -0.25) is 9.59 Å². The zero-order valence-corrected chi connectivity index (χ0v) is 42.1. The van der Waals surface area contributed by atoms with E-state index in [1.54, 1.807) is 92.7 Å². The van der Waals surface area contributed by atoms with E-state index in [2.05, 4.69) is 5.32 Å². The molecule has 15 heteroatoms. The third-order valence-electron chi connectivity index (χ3n) is 12.9. The summed E-state index contributed by atoms with van der Waals surface area (Å²) in [7, 11) is 0. The number of carbonyl (C=O) groups excluding carboxylic acids is 4. The number of fused-ring (bicyclic) bond motifs is 5. The smallest absolute Gasteiger partial charge is 0.338 e. The van der Waals surface area contributed by atoms with Crippen molar-refractivity contribution in [3.05, 3.63) is 119 Å². The van der Waals surface area contributed by atoms with Crippen molar-refractivity contribution < 1.29 is 147 Å². The molecule has 2 radical (unpaired) electrons. The molecule has 13 nitrogen and oxygen atoms in total. The van der Waals surface area contributed by atoms with Gasteiger partial charge in [0.2, 0.25) is 0 Å². The van der Waals surface area contributed by atoms with Gasteiger partial charge >= 0.3 is 11.9 Å². The summed E-state index contributed by atoms with van der Waals surface area (Å²) in [5, 5.41) is 63.6. The van der Waals surface area contributed by atoms with Crippen LogP contribution >= 0.6 is 0 Å². The molecule has 1 amide bonds. The van der Waals surface area contributed by atoms with Crippen molar-refractivity contribution in [2.45, 2.75) is 94.4 Å². The van der Waals surface area contributed by atoms with Crippen molar-refractivity contribution in [2.24, 2.45) is 16.7 Å². The summed E-state index contributed by atoms with van der Waals surface area (Å²) in [6.07, 6.45) is -10.3. The van der Waals surface area contributed by atoms with Gasteiger partial charge < -0.3 is 45.1 Å². The van der Waals surface area contributed by atoms with Crippen molar-refractivity contribution in [3.8, 4) is 0 Å². The average Bonchev–Trinajstić information content (AvgIpc) is 3.19. The van der Waals surface area contributed by atoms with Gasteiger partial charge in [0.15, 0.2) is 11.9 Å². The Bertz CT molecular complexity index is 2050. The molecule has 0 spiro atoms. The maximum absolute atomic E-state index is 14.7.